The van der Waals surface area contributed by atoms with E-state index >= 15 is 0 Å². The fourth-order valence-corrected chi connectivity index (χ4v) is 0.553. The Hall–Kier alpha value is -0.660. The van der Waals surface area contributed by atoms with Gasteiger partial charge in [-0.05, 0) is 17.9 Å². The van der Waals surface area contributed by atoms with Crippen molar-refractivity contribution in [1.82, 2.24) is 0 Å². The van der Waals surface area contributed by atoms with Crippen LogP contribution in [0.15, 0.2) is 11.9 Å². The number of nitrogens with two attached hydrogens (primary N) is 2. The standard InChI is InChI=1S/C7H16N2/c1-4-7(2,3)5-6(8)9/h5H,4,8-9H2,1-3H3. The Morgan fingerprint density at radius 3 is 2.00 bits per heavy atom. The monoisotopic (exact) mass is 128 g/mol. The maximum atomic E-state index is 5.29. The third-order valence-electron chi connectivity index (χ3n) is 1.47. The molecule has 0 unspecified atom stereocenters. The van der Waals surface area contributed by atoms with Crippen LogP contribution in [0.4, 0.5) is 0 Å². The molecule has 0 aromatic heterocycles. The van der Waals surface area contributed by atoms with Crippen molar-refractivity contribution in [2.24, 2.45) is 16.9 Å². The molecule has 0 aliphatic heterocycles. The Bertz CT molecular complexity index is 110. The zero-order valence-electron chi connectivity index (χ0n) is 6.44. The lowest BCUT2D eigenvalue weighted by molar-refractivity contribution is 0.458. The molecule has 0 saturated carbocycles. The first-order valence-corrected chi connectivity index (χ1v) is 3.22. The Kier molecular flexibility index (Phi) is 2.56. The maximum Gasteiger partial charge on any atom is 0.0897 e. The average molecular weight is 128 g/mol. The number of allylic oxidation sites excluding steroid dienone is 1. The van der Waals surface area contributed by atoms with Crippen LogP contribution in [0.5, 0.6) is 0 Å². The highest BCUT2D eigenvalue weighted by molar-refractivity contribution is 4.99. The maximum absolute atomic E-state index is 5.29. The topological polar surface area (TPSA) is 52.0 Å². The van der Waals surface area contributed by atoms with Gasteiger partial charge in [-0.3, -0.25) is 0 Å². The minimum absolute atomic E-state index is 0.152. The Morgan fingerprint density at radius 1 is 1.44 bits per heavy atom. The van der Waals surface area contributed by atoms with Gasteiger partial charge in [-0.25, -0.2) is 0 Å². The molecule has 0 atom stereocenters. The Morgan fingerprint density at radius 2 is 1.89 bits per heavy atom. The van der Waals surface area contributed by atoms with E-state index in [1.807, 2.05) is 6.08 Å². The minimum atomic E-state index is 0.152. The second-order valence-corrected chi connectivity index (χ2v) is 2.99. The summed E-state index contributed by atoms with van der Waals surface area (Å²) in [6.07, 6.45) is 2.94. The van der Waals surface area contributed by atoms with Gasteiger partial charge < -0.3 is 11.5 Å². The minimum Gasteiger partial charge on any atom is -0.386 e. The van der Waals surface area contributed by atoms with Crippen molar-refractivity contribution in [3.8, 4) is 0 Å². The summed E-state index contributed by atoms with van der Waals surface area (Å²) in [6, 6.07) is 0. The zero-order chi connectivity index (χ0) is 7.49. The first-order valence-electron chi connectivity index (χ1n) is 3.22. The molecule has 0 bridgehead atoms. The molecular weight excluding hydrogens is 112 g/mol. The highest BCUT2D eigenvalue weighted by Gasteiger charge is 2.10. The van der Waals surface area contributed by atoms with E-state index in [0.29, 0.717) is 5.82 Å². The molecule has 2 nitrogen and oxygen atoms in total. The fraction of sp³-hybridized carbons (Fsp3) is 0.714. The highest BCUT2D eigenvalue weighted by atomic mass is 14.8. The van der Waals surface area contributed by atoms with Gasteiger partial charge in [0.1, 0.15) is 0 Å². The van der Waals surface area contributed by atoms with Crippen molar-refractivity contribution in [1.29, 1.82) is 0 Å². The third kappa shape index (κ3) is 3.88. The van der Waals surface area contributed by atoms with Crippen molar-refractivity contribution >= 4 is 0 Å². The van der Waals surface area contributed by atoms with Crippen molar-refractivity contribution in [3.05, 3.63) is 11.9 Å². The van der Waals surface area contributed by atoms with E-state index in [1.54, 1.807) is 0 Å². The molecule has 4 N–H and O–H groups in total. The normalized spacial score (nSPS) is 11.0. The molecule has 0 fully saturated rings. The summed E-state index contributed by atoms with van der Waals surface area (Å²) in [5.41, 5.74) is 10.7. The molecule has 0 amide bonds. The van der Waals surface area contributed by atoms with Gasteiger partial charge in [0.25, 0.3) is 0 Å². The molecule has 0 saturated heterocycles. The molecule has 0 radical (unpaired) electrons. The van der Waals surface area contributed by atoms with Gasteiger partial charge in [-0.2, -0.15) is 0 Å². The van der Waals surface area contributed by atoms with Gasteiger partial charge in [0.2, 0.25) is 0 Å². The van der Waals surface area contributed by atoms with Crippen LogP contribution in [0, 0.1) is 5.41 Å². The van der Waals surface area contributed by atoms with Crippen LogP contribution in [-0.4, -0.2) is 0 Å². The van der Waals surface area contributed by atoms with E-state index in [-0.39, 0.29) is 5.41 Å². The van der Waals surface area contributed by atoms with Crippen LogP contribution in [-0.2, 0) is 0 Å². The van der Waals surface area contributed by atoms with E-state index in [9.17, 15) is 0 Å². The van der Waals surface area contributed by atoms with Gasteiger partial charge in [0.05, 0.1) is 5.82 Å². The summed E-state index contributed by atoms with van der Waals surface area (Å²) in [5.74, 6) is 0.418. The van der Waals surface area contributed by atoms with Gasteiger partial charge in [0, 0.05) is 0 Å². The van der Waals surface area contributed by atoms with E-state index < -0.39 is 0 Å². The smallest absolute Gasteiger partial charge is 0.0897 e. The number of rotatable bonds is 2. The predicted molar refractivity (Wildman–Crippen MR) is 40.5 cm³/mol. The summed E-state index contributed by atoms with van der Waals surface area (Å²) in [5, 5.41) is 0. The van der Waals surface area contributed by atoms with Crippen LogP contribution in [0.1, 0.15) is 27.2 Å². The average Bonchev–Trinajstić information content (AvgIpc) is 1.63. The molecule has 2 heteroatoms. The lowest BCUT2D eigenvalue weighted by Crippen LogP contribution is -2.15. The Balaban J connectivity index is 4.01. The molecule has 0 aliphatic rings. The summed E-state index contributed by atoms with van der Waals surface area (Å²) in [4.78, 5) is 0. The van der Waals surface area contributed by atoms with E-state index in [0.717, 1.165) is 6.42 Å². The molecule has 0 aromatic rings. The highest BCUT2D eigenvalue weighted by Crippen LogP contribution is 2.20. The number of hydrogen-bond acceptors (Lipinski definition) is 2. The zero-order valence-corrected chi connectivity index (χ0v) is 6.44. The fourth-order valence-electron chi connectivity index (χ4n) is 0.553. The first kappa shape index (κ1) is 8.34. The van der Waals surface area contributed by atoms with Crippen LogP contribution in [0.2, 0.25) is 0 Å². The molecule has 54 valence electrons. The van der Waals surface area contributed by atoms with Crippen LogP contribution in [0.25, 0.3) is 0 Å². The SMILES string of the molecule is CCC(C)(C)C=C(N)N. The summed E-state index contributed by atoms with van der Waals surface area (Å²) in [6.45, 7) is 6.32. The largest absolute Gasteiger partial charge is 0.386 e. The first-order chi connectivity index (χ1) is 3.98. The Labute approximate surface area is 56.9 Å². The van der Waals surface area contributed by atoms with Crippen LogP contribution < -0.4 is 11.5 Å². The van der Waals surface area contributed by atoms with Gasteiger partial charge in [-0.15, -0.1) is 0 Å². The lowest BCUT2D eigenvalue weighted by atomic mass is 9.90. The molecular formula is C7H16N2. The second-order valence-electron chi connectivity index (χ2n) is 2.99. The molecule has 0 spiro atoms. The summed E-state index contributed by atoms with van der Waals surface area (Å²) < 4.78 is 0. The van der Waals surface area contributed by atoms with Gasteiger partial charge in [-0.1, -0.05) is 20.8 Å². The predicted octanol–water partition coefficient (Wildman–Crippen LogP) is 1.18. The lowest BCUT2D eigenvalue weighted by Gasteiger charge is -2.16. The van der Waals surface area contributed by atoms with Gasteiger partial charge in [0.15, 0.2) is 0 Å². The quantitative estimate of drug-likeness (QED) is 0.586. The third-order valence-corrected chi connectivity index (χ3v) is 1.47. The molecule has 0 heterocycles. The van der Waals surface area contributed by atoms with Gasteiger partial charge >= 0.3 is 0 Å². The van der Waals surface area contributed by atoms with Crippen LogP contribution in [0.3, 0.4) is 0 Å². The summed E-state index contributed by atoms with van der Waals surface area (Å²) in [7, 11) is 0. The van der Waals surface area contributed by atoms with E-state index in [2.05, 4.69) is 20.8 Å². The van der Waals surface area contributed by atoms with Crippen molar-refractivity contribution in [2.75, 3.05) is 0 Å². The molecule has 9 heavy (non-hydrogen) atoms. The van der Waals surface area contributed by atoms with E-state index in [1.165, 1.54) is 0 Å². The molecule has 0 aliphatic carbocycles. The van der Waals surface area contributed by atoms with E-state index in [4.69, 9.17) is 11.5 Å². The van der Waals surface area contributed by atoms with Crippen molar-refractivity contribution < 1.29 is 0 Å². The molecule has 0 rings (SSSR count). The van der Waals surface area contributed by atoms with Crippen molar-refractivity contribution in [2.45, 2.75) is 27.2 Å². The molecule has 0 aromatic carbocycles. The summed E-state index contributed by atoms with van der Waals surface area (Å²) >= 11 is 0. The number of hydrogen-bond donors (Lipinski definition) is 2. The second kappa shape index (κ2) is 2.76. The van der Waals surface area contributed by atoms with Crippen LogP contribution >= 0.6 is 0 Å². The van der Waals surface area contributed by atoms with Crippen molar-refractivity contribution in [3.63, 3.8) is 0 Å².